The van der Waals surface area contributed by atoms with Crippen LogP contribution in [0.2, 0.25) is 0 Å². The van der Waals surface area contributed by atoms with E-state index in [2.05, 4.69) is 0 Å². The van der Waals surface area contributed by atoms with Crippen LogP contribution < -0.4 is 4.74 Å². The predicted molar refractivity (Wildman–Crippen MR) is 95.3 cm³/mol. The second kappa shape index (κ2) is 6.98. The van der Waals surface area contributed by atoms with Gasteiger partial charge in [-0.2, -0.15) is 4.31 Å². The van der Waals surface area contributed by atoms with Crippen LogP contribution in [0, 0.1) is 0 Å². The first-order valence-electron chi connectivity index (χ1n) is 8.20. The van der Waals surface area contributed by atoms with Gasteiger partial charge in [-0.15, -0.1) is 0 Å². The molecule has 0 bridgehead atoms. The number of ether oxygens (including phenoxy) is 1. The number of methoxy groups -OCH3 is 1. The van der Waals surface area contributed by atoms with E-state index in [-0.39, 0.29) is 16.7 Å². The number of sulfonamides is 1. The molecule has 0 saturated carbocycles. The Bertz CT molecular complexity index is 892. The number of hydrogen-bond donors (Lipinski definition) is 0. The molecule has 0 unspecified atom stereocenters. The lowest BCUT2D eigenvalue weighted by Crippen LogP contribution is -2.30. The van der Waals surface area contributed by atoms with Crippen molar-refractivity contribution in [2.24, 2.45) is 0 Å². The smallest absolute Gasteiger partial charge is 0.243 e. The number of Topliss-reactive ketones (excluding diaryl/α,β-unsaturated/α-hetero) is 1. The van der Waals surface area contributed by atoms with Gasteiger partial charge in [-0.1, -0.05) is 24.3 Å². The summed E-state index contributed by atoms with van der Waals surface area (Å²) in [4.78, 5) is 11.7. The number of hydrogen-bond acceptors (Lipinski definition) is 4. The Balaban J connectivity index is 1.98. The fourth-order valence-corrected chi connectivity index (χ4v) is 4.95. The topological polar surface area (TPSA) is 63.7 Å². The largest absolute Gasteiger partial charge is 0.497 e. The summed E-state index contributed by atoms with van der Waals surface area (Å²) < 4.78 is 33.0. The van der Waals surface area contributed by atoms with Crippen molar-refractivity contribution in [3.63, 3.8) is 0 Å². The van der Waals surface area contributed by atoms with Gasteiger partial charge in [-0.25, -0.2) is 8.42 Å². The van der Waals surface area contributed by atoms with E-state index in [0.29, 0.717) is 17.9 Å². The Morgan fingerprint density at radius 3 is 2.64 bits per heavy atom. The van der Waals surface area contributed by atoms with Gasteiger partial charge in [0.15, 0.2) is 5.78 Å². The summed E-state index contributed by atoms with van der Waals surface area (Å²) >= 11 is 0. The second-order valence-corrected chi connectivity index (χ2v) is 8.02. The molecule has 0 radical (unpaired) electrons. The van der Waals surface area contributed by atoms with E-state index in [1.807, 2.05) is 24.3 Å². The van der Waals surface area contributed by atoms with Gasteiger partial charge < -0.3 is 4.74 Å². The Kier molecular flexibility index (Phi) is 4.92. The van der Waals surface area contributed by atoms with Crippen LogP contribution in [0.5, 0.6) is 5.75 Å². The lowest BCUT2D eigenvalue weighted by molar-refractivity contribution is 0.101. The van der Waals surface area contributed by atoms with Crippen molar-refractivity contribution in [2.75, 3.05) is 13.7 Å². The summed E-state index contributed by atoms with van der Waals surface area (Å²) in [6.45, 7) is 1.90. The Hall–Kier alpha value is -2.18. The van der Waals surface area contributed by atoms with Crippen LogP contribution in [-0.4, -0.2) is 32.2 Å². The molecule has 1 heterocycles. The Morgan fingerprint density at radius 2 is 1.92 bits per heavy atom. The molecule has 0 aliphatic carbocycles. The van der Waals surface area contributed by atoms with E-state index >= 15 is 0 Å². The summed E-state index contributed by atoms with van der Waals surface area (Å²) in [7, 11) is -2.08. The van der Waals surface area contributed by atoms with Gasteiger partial charge in [0.2, 0.25) is 10.0 Å². The van der Waals surface area contributed by atoms with E-state index in [4.69, 9.17) is 4.74 Å². The normalized spacial score (nSPS) is 18.2. The Morgan fingerprint density at radius 1 is 1.16 bits per heavy atom. The van der Waals surface area contributed by atoms with E-state index in [9.17, 15) is 13.2 Å². The SMILES string of the molecule is COc1cccc([C@@H]2CCCN2S(=O)(=O)c2cccc(C(C)=O)c2)c1. The van der Waals surface area contributed by atoms with Gasteiger partial charge in [-0.3, -0.25) is 4.79 Å². The number of carbonyl (C=O) groups is 1. The van der Waals surface area contributed by atoms with Crippen LogP contribution in [-0.2, 0) is 10.0 Å². The van der Waals surface area contributed by atoms with Gasteiger partial charge in [0.1, 0.15) is 5.75 Å². The lowest BCUT2D eigenvalue weighted by Gasteiger charge is -2.25. The van der Waals surface area contributed by atoms with E-state index < -0.39 is 10.0 Å². The van der Waals surface area contributed by atoms with Crippen molar-refractivity contribution >= 4 is 15.8 Å². The van der Waals surface area contributed by atoms with Crippen molar-refractivity contribution in [1.82, 2.24) is 4.31 Å². The molecule has 2 aromatic rings. The number of benzene rings is 2. The summed E-state index contributed by atoms with van der Waals surface area (Å²) in [6.07, 6.45) is 1.56. The first-order valence-corrected chi connectivity index (χ1v) is 9.64. The number of carbonyl (C=O) groups excluding carboxylic acids is 1. The van der Waals surface area contributed by atoms with Gasteiger partial charge in [0, 0.05) is 12.1 Å². The van der Waals surface area contributed by atoms with Crippen LogP contribution >= 0.6 is 0 Å². The lowest BCUT2D eigenvalue weighted by atomic mass is 10.1. The monoisotopic (exact) mass is 359 g/mol. The average Bonchev–Trinajstić information content (AvgIpc) is 3.12. The third-order valence-corrected chi connectivity index (χ3v) is 6.43. The fraction of sp³-hybridized carbons (Fsp3) is 0.316. The molecule has 1 aliphatic rings. The third-order valence-electron chi connectivity index (χ3n) is 4.53. The molecule has 0 aromatic heterocycles. The molecule has 1 fully saturated rings. The molecule has 0 amide bonds. The molecule has 25 heavy (non-hydrogen) atoms. The molecule has 132 valence electrons. The van der Waals surface area contributed by atoms with Crippen LogP contribution in [0.3, 0.4) is 0 Å². The molecule has 0 spiro atoms. The third kappa shape index (κ3) is 3.45. The quantitative estimate of drug-likeness (QED) is 0.768. The predicted octanol–water partition coefficient (Wildman–Crippen LogP) is 3.42. The van der Waals surface area contributed by atoms with Gasteiger partial charge in [0.05, 0.1) is 18.0 Å². The first-order chi connectivity index (χ1) is 11.9. The minimum Gasteiger partial charge on any atom is -0.497 e. The van der Waals surface area contributed by atoms with Crippen molar-refractivity contribution in [1.29, 1.82) is 0 Å². The highest BCUT2D eigenvalue weighted by molar-refractivity contribution is 7.89. The zero-order valence-electron chi connectivity index (χ0n) is 14.3. The highest BCUT2D eigenvalue weighted by Crippen LogP contribution is 2.37. The fourth-order valence-electron chi connectivity index (χ4n) is 3.22. The summed E-state index contributed by atoms with van der Waals surface area (Å²) in [5, 5.41) is 0. The van der Waals surface area contributed by atoms with Crippen molar-refractivity contribution in [3.8, 4) is 5.75 Å². The molecule has 3 rings (SSSR count). The molecule has 6 heteroatoms. The standard InChI is InChI=1S/C19H21NO4S/c1-14(21)15-6-4-9-18(13-15)25(22,23)20-11-5-10-19(20)16-7-3-8-17(12-16)24-2/h3-4,6-9,12-13,19H,5,10-11H2,1-2H3/t19-/m0/s1. The highest BCUT2D eigenvalue weighted by Gasteiger charge is 2.36. The number of rotatable bonds is 5. The maximum atomic E-state index is 13.1. The number of nitrogens with zero attached hydrogens (tertiary/aromatic N) is 1. The average molecular weight is 359 g/mol. The van der Waals surface area contributed by atoms with E-state index in [1.165, 1.54) is 17.3 Å². The molecule has 1 saturated heterocycles. The van der Waals surface area contributed by atoms with Gasteiger partial charge in [0.25, 0.3) is 0 Å². The molecule has 1 aliphatic heterocycles. The van der Waals surface area contributed by atoms with Crippen LogP contribution in [0.15, 0.2) is 53.4 Å². The van der Waals surface area contributed by atoms with Crippen LogP contribution in [0.1, 0.15) is 41.7 Å². The van der Waals surface area contributed by atoms with Crippen LogP contribution in [0.4, 0.5) is 0 Å². The van der Waals surface area contributed by atoms with Gasteiger partial charge >= 0.3 is 0 Å². The molecular weight excluding hydrogens is 338 g/mol. The van der Waals surface area contributed by atoms with Gasteiger partial charge in [-0.05, 0) is 49.6 Å². The second-order valence-electron chi connectivity index (χ2n) is 6.13. The number of ketones is 1. The van der Waals surface area contributed by atoms with Crippen molar-refractivity contribution < 1.29 is 17.9 Å². The first kappa shape index (κ1) is 17.6. The Labute approximate surface area is 148 Å². The highest BCUT2D eigenvalue weighted by atomic mass is 32.2. The molecule has 1 atom stereocenters. The zero-order valence-corrected chi connectivity index (χ0v) is 15.1. The van der Waals surface area contributed by atoms with Crippen molar-refractivity contribution in [3.05, 3.63) is 59.7 Å². The van der Waals surface area contributed by atoms with Crippen molar-refractivity contribution in [2.45, 2.75) is 30.7 Å². The minimum atomic E-state index is -3.67. The molecule has 5 nitrogen and oxygen atoms in total. The summed E-state index contributed by atoms with van der Waals surface area (Å²) in [6, 6.07) is 13.5. The maximum absolute atomic E-state index is 13.1. The molecule has 0 N–H and O–H groups in total. The summed E-state index contributed by atoms with van der Waals surface area (Å²) in [5.74, 6) is 0.558. The zero-order chi connectivity index (χ0) is 18.0. The minimum absolute atomic E-state index is 0.150. The maximum Gasteiger partial charge on any atom is 0.243 e. The van der Waals surface area contributed by atoms with Crippen LogP contribution in [0.25, 0.3) is 0 Å². The molecule has 2 aromatic carbocycles. The van der Waals surface area contributed by atoms with E-state index in [0.717, 1.165) is 18.4 Å². The summed E-state index contributed by atoms with van der Waals surface area (Å²) in [5.41, 5.74) is 1.32. The molecular formula is C19H21NO4S. The van der Waals surface area contributed by atoms with E-state index in [1.54, 1.807) is 25.3 Å².